The van der Waals surface area contributed by atoms with Gasteiger partial charge >= 0.3 is 0 Å². The second-order valence-electron chi connectivity index (χ2n) is 2.78. The Balaban J connectivity index is 2.71. The molecule has 59 valence electrons. The van der Waals surface area contributed by atoms with Gasteiger partial charge in [0.15, 0.2) is 0 Å². The minimum atomic E-state index is 0.246. The van der Waals surface area contributed by atoms with E-state index in [0.717, 1.165) is 5.69 Å². The van der Waals surface area contributed by atoms with Crippen molar-refractivity contribution in [3.8, 4) is 5.75 Å². The van der Waals surface area contributed by atoms with Crippen LogP contribution in [0.2, 0.25) is 0 Å². The van der Waals surface area contributed by atoms with E-state index in [9.17, 15) is 0 Å². The van der Waals surface area contributed by atoms with Gasteiger partial charge in [-0.3, -0.25) is 0 Å². The van der Waals surface area contributed by atoms with E-state index in [1.165, 1.54) is 6.07 Å². The molecule has 2 nitrogen and oxygen atoms in total. The van der Waals surface area contributed by atoms with Crippen molar-refractivity contribution in [2.45, 2.75) is 19.9 Å². The van der Waals surface area contributed by atoms with Crippen molar-refractivity contribution in [3.05, 3.63) is 24.3 Å². The van der Waals surface area contributed by atoms with E-state index in [-0.39, 0.29) is 5.75 Å². The molecule has 11 heavy (non-hydrogen) atoms. The molecule has 0 aliphatic rings. The summed E-state index contributed by atoms with van der Waals surface area (Å²) in [4.78, 5) is 0. The Kier molecular flexibility index (Phi) is 2.36. The van der Waals surface area contributed by atoms with Crippen LogP contribution < -0.4 is 5.32 Å². The summed E-state index contributed by atoms with van der Waals surface area (Å²) in [6.07, 6.45) is 0. The van der Waals surface area contributed by atoms with Crippen molar-refractivity contribution < 1.29 is 5.11 Å². The molecule has 0 aliphatic carbocycles. The fraction of sp³-hybridized carbons (Fsp3) is 0.333. The van der Waals surface area contributed by atoms with Crippen LogP contribution in [-0.4, -0.2) is 11.1 Å². The van der Waals surface area contributed by atoms with Gasteiger partial charge in [0.05, 0.1) is 0 Å². The fourth-order valence-corrected chi connectivity index (χ4v) is 0.876. The van der Waals surface area contributed by atoms with Crippen LogP contribution >= 0.6 is 0 Å². The minimum Gasteiger partial charge on any atom is -0.508 e. The number of anilines is 1. The lowest BCUT2D eigenvalue weighted by Crippen LogP contribution is -2.09. The van der Waals surface area contributed by atoms with Crippen LogP contribution in [-0.2, 0) is 0 Å². The monoisotopic (exact) mass is 150 g/mol. The van der Waals surface area contributed by atoms with Gasteiger partial charge in [0.1, 0.15) is 5.75 Å². The highest BCUT2D eigenvalue weighted by molar-refractivity contribution is 5.47. The molecule has 1 aromatic carbocycles. The molecule has 1 aromatic rings. The van der Waals surface area contributed by atoms with E-state index >= 15 is 0 Å². The molecule has 2 heteroatoms. The van der Waals surface area contributed by atoms with Gasteiger partial charge in [0.25, 0.3) is 0 Å². The SMILES string of the molecule is CC(C)Nc1c[c]cc(O)c1. The maximum absolute atomic E-state index is 9.05. The molecule has 0 amide bonds. The number of aromatic hydroxyl groups is 1. The molecule has 0 fully saturated rings. The summed E-state index contributed by atoms with van der Waals surface area (Å²) in [6, 6.07) is 8.22. The molecule has 0 aliphatic heterocycles. The molecule has 1 rings (SSSR count). The van der Waals surface area contributed by atoms with Crippen molar-refractivity contribution in [1.29, 1.82) is 0 Å². The number of phenolic OH excluding ortho intramolecular Hbond substituents is 1. The fourth-order valence-electron chi connectivity index (χ4n) is 0.876. The minimum absolute atomic E-state index is 0.246. The van der Waals surface area contributed by atoms with Crippen LogP contribution in [0.15, 0.2) is 18.2 Å². The number of benzene rings is 1. The summed E-state index contributed by atoms with van der Waals surface area (Å²) >= 11 is 0. The Bertz CT molecular complexity index is 233. The predicted molar refractivity (Wildman–Crippen MR) is 45.7 cm³/mol. The highest BCUT2D eigenvalue weighted by Crippen LogP contribution is 2.15. The maximum Gasteiger partial charge on any atom is 0.118 e. The van der Waals surface area contributed by atoms with Gasteiger partial charge in [-0.15, -0.1) is 0 Å². The molecule has 0 saturated heterocycles. The number of phenols is 1. The quantitative estimate of drug-likeness (QED) is 0.676. The molecule has 0 saturated carbocycles. The molecule has 0 spiro atoms. The zero-order valence-corrected chi connectivity index (χ0v) is 6.76. The molecular formula is C9H12NO. The molecule has 0 atom stereocenters. The summed E-state index contributed by atoms with van der Waals surface area (Å²) in [5.74, 6) is 0.246. The second kappa shape index (κ2) is 3.28. The van der Waals surface area contributed by atoms with Crippen molar-refractivity contribution in [2.75, 3.05) is 5.32 Å². The molecular weight excluding hydrogens is 138 g/mol. The number of nitrogens with one attached hydrogen (secondary N) is 1. The van der Waals surface area contributed by atoms with Crippen molar-refractivity contribution >= 4 is 5.69 Å². The van der Waals surface area contributed by atoms with Gasteiger partial charge in [0.2, 0.25) is 0 Å². The lowest BCUT2D eigenvalue weighted by molar-refractivity contribution is 0.475. The zero-order chi connectivity index (χ0) is 8.27. The summed E-state index contributed by atoms with van der Waals surface area (Å²) in [5, 5.41) is 12.2. The largest absolute Gasteiger partial charge is 0.508 e. The summed E-state index contributed by atoms with van der Waals surface area (Å²) < 4.78 is 0. The van der Waals surface area contributed by atoms with Crippen LogP contribution in [0.25, 0.3) is 0 Å². The van der Waals surface area contributed by atoms with Crippen LogP contribution in [0.1, 0.15) is 13.8 Å². The number of hydrogen-bond donors (Lipinski definition) is 2. The van der Waals surface area contributed by atoms with Crippen LogP contribution in [0.5, 0.6) is 5.75 Å². The van der Waals surface area contributed by atoms with E-state index in [4.69, 9.17) is 5.11 Å². The van der Waals surface area contributed by atoms with E-state index < -0.39 is 0 Å². The first-order valence-electron chi connectivity index (χ1n) is 3.65. The smallest absolute Gasteiger partial charge is 0.118 e. The molecule has 1 radical (unpaired) electrons. The second-order valence-corrected chi connectivity index (χ2v) is 2.78. The van der Waals surface area contributed by atoms with E-state index in [1.807, 2.05) is 13.8 Å². The molecule has 0 aromatic heterocycles. The molecule has 2 N–H and O–H groups in total. The first kappa shape index (κ1) is 7.92. The molecule has 0 heterocycles. The normalized spacial score (nSPS) is 10.1. The number of hydrogen-bond acceptors (Lipinski definition) is 2. The highest BCUT2D eigenvalue weighted by atomic mass is 16.3. The topological polar surface area (TPSA) is 32.3 Å². The third kappa shape index (κ3) is 2.50. The Morgan fingerprint density at radius 3 is 2.73 bits per heavy atom. The van der Waals surface area contributed by atoms with E-state index in [2.05, 4.69) is 11.4 Å². The Hall–Kier alpha value is -1.18. The third-order valence-corrected chi connectivity index (χ3v) is 1.23. The summed E-state index contributed by atoms with van der Waals surface area (Å²) in [7, 11) is 0. The van der Waals surface area contributed by atoms with Crippen LogP contribution in [0.4, 0.5) is 5.69 Å². The molecule has 0 unspecified atom stereocenters. The first-order chi connectivity index (χ1) is 5.18. The van der Waals surface area contributed by atoms with Crippen molar-refractivity contribution in [3.63, 3.8) is 0 Å². The van der Waals surface area contributed by atoms with Crippen molar-refractivity contribution in [2.24, 2.45) is 0 Å². The average molecular weight is 150 g/mol. The average Bonchev–Trinajstić information content (AvgIpc) is 1.85. The highest BCUT2D eigenvalue weighted by Gasteiger charge is 1.94. The van der Waals surface area contributed by atoms with E-state index in [0.29, 0.717) is 6.04 Å². The van der Waals surface area contributed by atoms with Gasteiger partial charge in [-0.05, 0) is 32.0 Å². The predicted octanol–water partition coefficient (Wildman–Crippen LogP) is 2.01. The van der Waals surface area contributed by atoms with Gasteiger partial charge in [0, 0.05) is 17.8 Å². The van der Waals surface area contributed by atoms with Gasteiger partial charge in [-0.25, -0.2) is 0 Å². The van der Waals surface area contributed by atoms with Crippen LogP contribution in [0, 0.1) is 6.07 Å². The van der Waals surface area contributed by atoms with E-state index in [1.54, 1.807) is 12.1 Å². The number of rotatable bonds is 2. The zero-order valence-electron chi connectivity index (χ0n) is 6.76. The van der Waals surface area contributed by atoms with Crippen molar-refractivity contribution in [1.82, 2.24) is 0 Å². The molecule has 0 bridgehead atoms. The van der Waals surface area contributed by atoms with Gasteiger partial charge < -0.3 is 10.4 Å². The maximum atomic E-state index is 9.05. The lowest BCUT2D eigenvalue weighted by atomic mass is 10.3. The summed E-state index contributed by atoms with van der Waals surface area (Å²) in [6.45, 7) is 4.09. The first-order valence-corrected chi connectivity index (χ1v) is 3.65. The Morgan fingerprint density at radius 1 is 1.45 bits per heavy atom. The lowest BCUT2D eigenvalue weighted by Gasteiger charge is -2.08. The standard InChI is InChI=1S/C9H12NO/c1-7(2)10-8-4-3-5-9(11)6-8/h4-7,10-11H,1-2H3. The Morgan fingerprint density at radius 2 is 2.18 bits per heavy atom. The van der Waals surface area contributed by atoms with Crippen LogP contribution in [0.3, 0.4) is 0 Å². The summed E-state index contributed by atoms with van der Waals surface area (Å²) in [5.41, 5.74) is 0.903. The Labute approximate surface area is 66.9 Å². The van der Waals surface area contributed by atoms with Gasteiger partial charge in [-0.2, -0.15) is 0 Å². The van der Waals surface area contributed by atoms with Gasteiger partial charge in [-0.1, -0.05) is 0 Å². The third-order valence-electron chi connectivity index (χ3n) is 1.23.